The molecule has 0 N–H and O–H groups in total. The number of carbonyl (C=O) groups is 2. The Morgan fingerprint density at radius 3 is 2.42 bits per heavy atom. The van der Waals surface area contributed by atoms with Gasteiger partial charge in [0, 0.05) is 24.7 Å². The molecular weight excluding hydrogens is 334 g/mol. The minimum Gasteiger partial charge on any atom is -0.454 e. The zero-order valence-corrected chi connectivity index (χ0v) is 14.1. The number of hydrogen-bond acceptors (Lipinski definition) is 6. The van der Waals surface area contributed by atoms with Crippen LogP contribution in [-0.4, -0.2) is 57.4 Å². The summed E-state index contributed by atoms with van der Waals surface area (Å²) in [5.41, 5.74) is 0.282. The van der Waals surface area contributed by atoms with Crippen LogP contribution in [0.1, 0.15) is 17.3 Å². The van der Waals surface area contributed by atoms with Crippen LogP contribution < -0.4 is 0 Å². The molecule has 0 radical (unpaired) electrons. The van der Waals surface area contributed by atoms with Crippen LogP contribution >= 0.6 is 0 Å². The molecule has 1 aliphatic rings. The van der Waals surface area contributed by atoms with Crippen LogP contribution in [0.3, 0.4) is 0 Å². The Morgan fingerprint density at radius 2 is 1.83 bits per heavy atom. The molecule has 24 heavy (non-hydrogen) atoms. The summed E-state index contributed by atoms with van der Waals surface area (Å²) < 4.78 is 36.2. The van der Waals surface area contributed by atoms with E-state index in [2.05, 4.69) is 0 Å². The van der Waals surface area contributed by atoms with E-state index in [-0.39, 0.29) is 10.5 Å². The number of morpholine rings is 1. The Balaban J connectivity index is 2.04. The average molecular weight is 353 g/mol. The van der Waals surface area contributed by atoms with Crippen molar-refractivity contribution in [3.63, 3.8) is 0 Å². The maximum atomic E-state index is 12.5. The Morgan fingerprint density at radius 1 is 1.21 bits per heavy atom. The molecular formula is C16H19NO6S. The fourth-order valence-electron chi connectivity index (χ4n) is 2.15. The molecule has 0 saturated carbocycles. The number of Topliss-reactive ketones (excluding diaryl/α,β-unsaturated/α-hetero) is 1. The highest BCUT2D eigenvalue weighted by Gasteiger charge is 2.26. The normalized spacial score (nSPS) is 16.2. The molecule has 1 saturated heterocycles. The molecule has 130 valence electrons. The van der Waals surface area contributed by atoms with Crippen molar-refractivity contribution in [2.45, 2.75) is 11.8 Å². The molecule has 8 heteroatoms. The van der Waals surface area contributed by atoms with E-state index in [4.69, 9.17) is 9.47 Å². The van der Waals surface area contributed by atoms with Crippen LogP contribution in [0.5, 0.6) is 0 Å². The second kappa shape index (κ2) is 8.18. The Kier molecular flexibility index (Phi) is 6.24. The van der Waals surface area contributed by atoms with Gasteiger partial charge < -0.3 is 9.47 Å². The van der Waals surface area contributed by atoms with Crippen LogP contribution in [0.2, 0.25) is 0 Å². The minimum absolute atomic E-state index is 0.117. The zero-order valence-electron chi connectivity index (χ0n) is 13.3. The monoisotopic (exact) mass is 353 g/mol. The first-order chi connectivity index (χ1) is 11.4. The van der Waals surface area contributed by atoms with E-state index < -0.39 is 28.4 Å². The maximum absolute atomic E-state index is 12.5. The first-order valence-electron chi connectivity index (χ1n) is 7.46. The predicted octanol–water partition coefficient (Wildman–Crippen LogP) is 1.01. The molecule has 1 fully saturated rings. The molecule has 0 spiro atoms. The number of hydrogen-bond donors (Lipinski definition) is 0. The number of carbonyl (C=O) groups excluding carboxylic acids is 2. The minimum atomic E-state index is -3.59. The Bertz CT molecular complexity index is 717. The third-order valence-electron chi connectivity index (χ3n) is 3.43. The van der Waals surface area contributed by atoms with E-state index in [1.165, 1.54) is 40.7 Å². The number of rotatable bonds is 6. The molecule has 0 unspecified atom stereocenters. The van der Waals surface area contributed by atoms with Gasteiger partial charge in [0.2, 0.25) is 10.0 Å². The lowest BCUT2D eigenvalue weighted by Crippen LogP contribution is -2.40. The van der Waals surface area contributed by atoms with Crippen molar-refractivity contribution in [3.05, 3.63) is 42.0 Å². The van der Waals surface area contributed by atoms with Crippen LogP contribution in [-0.2, 0) is 24.3 Å². The number of ether oxygens (including phenoxy) is 2. The van der Waals surface area contributed by atoms with Crippen LogP contribution in [0.25, 0.3) is 0 Å². The van der Waals surface area contributed by atoms with Gasteiger partial charge >= 0.3 is 5.97 Å². The molecule has 1 aromatic rings. The van der Waals surface area contributed by atoms with Gasteiger partial charge in [0.25, 0.3) is 0 Å². The third kappa shape index (κ3) is 4.50. The molecule has 2 rings (SSSR count). The van der Waals surface area contributed by atoms with E-state index >= 15 is 0 Å². The fraction of sp³-hybridized carbons (Fsp3) is 0.375. The van der Waals surface area contributed by atoms with Crippen LogP contribution in [0, 0.1) is 0 Å². The highest BCUT2D eigenvalue weighted by atomic mass is 32.2. The Hall–Kier alpha value is -2.03. The number of benzene rings is 1. The predicted molar refractivity (Wildman–Crippen MR) is 86.1 cm³/mol. The summed E-state index contributed by atoms with van der Waals surface area (Å²) in [6.45, 7) is 2.63. The highest BCUT2D eigenvalue weighted by Crippen LogP contribution is 2.18. The summed E-state index contributed by atoms with van der Waals surface area (Å²) in [4.78, 5) is 23.2. The number of esters is 1. The maximum Gasteiger partial charge on any atom is 0.330 e. The molecule has 0 bridgehead atoms. The van der Waals surface area contributed by atoms with Gasteiger partial charge in [-0.2, -0.15) is 4.31 Å². The van der Waals surface area contributed by atoms with Gasteiger partial charge in [-0.25, -0.2) is 13.2 Å². The smallest absolute Gasteiger partial charge is 0.330 e. The Labute approximate surface area is 140 Å². The number of sulfonamides is 1. The summed E-state index contributed by atoms with van der Waals surface area (Å²) >= 11 is 0. The lowest BCUT2D eigenvalue weighted by atomic mass is 10.1. The topological polar surface area (TPSA) is 90.0 Å². The van der Waals surface area contributed by atoms with Gasteiger partial charge in [-0.1, -0.05) is 6.08 Å². The molecule has 0 atom stereocenters. The molecule has 0 aromatic heterocycles. The summed E-state index contributed by atoms with van der Waals surface area (Å²) in [6.07, 6.45) is 2.73. The van der Waals surface area contributed by atoms with E-state index in [1.54, 1.807) is 6.92 Å². The SMILES string of the molecule is C/C=C/C(=O)OCC(=O)c1ccc(S(=O)(=O)N2CCOCC2)cc1. The number of allylic oxidation sites excluding steroid dienone is 1. The van der Waals surface area contributed by atoms with Gasteiger partial charge in [-0.05, 0) is 31.2 Å². The standard InChI is InChI=1S/C16H19NO6S/c1-2-3-16(19)23-12-15(18)13-4-6-14(7-5-13)24(20,21)17-8-10-22-11-9-17/h2-7H,8-12H2,1H3/b3-2+. The van der Waals surface area contributed by atoms with Crippen molar-refractivity contribution in [2.24, 2.45) is 0 Å². The first kappa shape index (κ1) is 18.3. The first-order valence-corrected chi connectivity index (χ1v) is 8.90. The van der Waals surface area contributed by atoms with E-state index in [9.17, 15) is 18.0 Å². The summed E-state index contributed by atoms with van der Waals surface area (Å²) in [6, 6.07) is 5.59. The zero-order chi connectivity index (χ0) is 17.6. The molecule has 0 aliphatic carbocycles. The van der Waals surface area contributed by atoms with Gasteiger partial charge in [0.05, 0.1) is 18.1 Å². The quantitative estimate of drug-likeness (QED) is 0.431. The van der Waals surface area contributed by atoms with Crippen molar-refractivity contribution in [1.29, 1.82) is 0 Å². The second-order valence-corrected chi connectivity index (χ2v) is 7.01. The molecule has 7 nitrogen and oxygen atoms in total. The number of ketones is 1. The van der Waals surface area contributed by atoms with Crippen LogP contribution in [0.4, 0.5) is 0 Å². The van der Waals surface area contributed by atoms with E-state index in [0.717, 1.165) is 0 Å². The average Bonchev–Trinajstić information content (AvgIpc) is 2.61. The summed E-state index contributed by atoms with van der Waals surface area (Å²) in [5.74, 6) is -1.000. The molecule has 1 aromatic carbocycles. The van der Waals surface area contributed by atoms with Gasteiger partial charge in [-0.15, -0.1) is 0 Å². The molecule has 0 amide bonds. The van der Waals surface area contributed by atoms with Crippen molar-refractivity contribution in [3.8, 4) is 0 Å². The molecule has 1 aliphatic heterocycles. The lowest BCUT2D eigenvalue weighted by Gasteiger charge is -2.26. The number of nitrogens with zero attached hydrogens (tertiary/aromatic N) is 1. The van der Waals surface area contributed by atoms with Crippen LogP contribution in [0.15, 0.2) is 41.3 Å². The van der Waals surface area contributed by atoms with E-state index in [0.29, 0.717) is 26.3 Å². The summed E-state index contributed by atoms with van der Waals surface area (Å²) in [5, 5.41) is 0. The highest BCUT2D eigenvalue weighted by molar-refractivity contribution is 7.89. The van der Waals surface area contributed by atoms with Gasteiger partial charge in [0.1, 0.15) is 0 Å². The molecule has 1 heterocycles. The van der Waals surface area contributed by atoms with Gasteiger partial charge in [-0.3, -0.25) is 4.79 Å². The third-order valence-corrected chi connectivity index (χ3v) is 5.35. The van der Waals surface area contributed by atoms with Crippen molar-refractivity contribution in [2.75, 3.05) is 32.9 Å². The van der Waals surface area contributed by atoms with Gasteiger partial charge in [0.15, 0.2) is 12.4 Å². The van der Waals surface area contributed by atoms with Crippen molar-refractivity contribution < 1.29 is 27.5 Å². The van der Waals surface area contributed by atoms with Crippen molar-refractivity contribution >= 4 is 21.8 Å². The summed E-state index contributed by atoms with van der Waals surface area (Å²) in [7, 11) is -3.59. The van der Waals surface area contributed by atoms with E-state index in [1.807, 2.05) is 0 Å². The largest absolute Gasteiger partial charge is 0.454 e. The van der Waals surface area contributed by atoms with Crippen molar-refractivity contribution in [1.82, 2.24) is 4.31 Å². The fourth-order valence-corrected chi connectivity index (χ4v) is 3.56. The second-order valence-electron chi connectivity index (χ2n) is 5.07. The lowest BCUT2D eigenvalue weighted by molar-refractivity contribution is -0.136.